The van der Waals surface area contributed by atoms with Gasteiger partial charge < -0.3 is 25.6 Å². The van der Waals surface area contributed by atoms with Crippen molar-refractivity contribution in [2.24, 2.45) is 10.9 Å². The number of amides is 1. The van der Waals surface area contributed by atoms with Crippen molar-refractivity contribution < 1.29 is 9.53 Å². The molecule has 0 radical (unpaired) electrons. The highest BCUT2D eigenvalue weighted by molar-refractivity contribution is 14.0. The maximum atomic E-state index is 11.9. The Kier molecular flexibility index (Phi) is 13.9. The number of rotatable bonds is 8. The zero-order valence-electron chi connectivity index (χ0n) is 18.6. The van der Waals surface area contributed by atoms with Crippen LogP contribution in [0.4, 0.5) is 4.79 Å². The average Bonchev–Trinajstić information content (AvgIpc) is 2.60. The monoisotopic (exact) mass is 511 g/mol. The summed E-state index contributed by atoms with van der Waals surface area (Å²) < 4.78 is 5.33. The van der Waals surface area contributed by atoms with Crippen LogP contribution in [0, 0.1) is 5.92 Å². The Hall–Kier alpha value is -0.770. The lowest BCUT2D eigenvalue weighted by molar-refractivity contribution is 0.0523. The highest BCUT2D eigenvalue weighted by Gasteiger charge is 2.19. The minimum atomic E-state index is -0.484. The van der Waals surface area contributed by atoms with Crippen LogP contribution in [0.2, 0.25) is 0 Å². The van der Waals surface area contributed by atoms with Crippen molar-refractivity contribution >= 4 is 36.0 Å². The summed E-state index contributed by atoms with van der Waals surface area (Å²) in [7, 11) is 3.97. The molecule has 8 heteroatoms. The van der Waals surface area contributed by atoms with Gasteiger partial charge in [-0.05, 0) is 66.1 Å². The summed E-state index contributed by atoms with van der Waals surface area (Å²) in [5.41, 5.74) is -0.484. The quantitative estimate of drug-likeness (QED) is 0.265. The number of nitrogens with one attached hydrogen (secondary N) is 3. The fourth-order valence-corrected chi connectivity index (χ4v) is 3.09. The maximum absolute atomic E-state index is 11.9. The number of guanidine groups is 1. The number of hydrogen-bond donors (Lipinski definition) is 3. The fraction of sp³-hybridized carbons (Fsp3) is 0.900. The molecular formula is C20H42IN5O2. The molecule has 0 aromatic heterocycles. The number of alkyl carbamates (subject to hydrolysis) is 1. The molecule has 0 aliphatic carbocycles. The first-order valence-electron chi connectivity index (χ1n) is 10.4. The van der Waals surface area contributed by atoms with Gasteiger partial charge in [0.05, 0.1) is 0 Å². The molecule has 166 valence electrons. The summed E-state index contributed by atoms with van der Waals surface area (Å²) in [6, 6.07) is 0.126. The second-order valence-corrected chi connectivity index (χ2v) is 8.57. The molecule has 0 saturated carbocycles. The van der Waals surface area contributed by atoms with Gasteiger partial charge in [-0.3, -0.25) is 4.99 Å². The summed E-state index contributed by atoms with van der Waals surface area (Å²) in [5.74, 6) is 1.50. The number of carbonyl (C=O) groups excluding carboxylic acids is 1. The van der Waals surface area contributed by atoms with Gasteiger partial charge in [-0.15, -0.1) is 24.0 Å². The topological polar surface area (TPSA) is 78.0 Å². The van der Waals surface area contributed by atoms with Crippen molar-refractivity contribution in [3.05, 3.63) is 0 Å². The van der Waals surface area contributed by atoms with E-state index in [1.807, 2.05) is 20.8 Å². The van der Waals surface area contributed by atoms with Gasteiger partial charge >= 0.3 is 6.09 Å². The number of halogens is 1. The van der Waals surface area contributed by atoms with Gasteiger partial charge in [0.2, 0.25) is 0 Å². The summed E-state index contributed by atoms with van der Waals surface area (Å²) in [6.07, 6.45) is 5.26. The van der Waals surface area contributed by atoms with Crippen molar-refractivity contribution in [1.29, 1.82) is 0 Å². The van der Waals surface area contributed by atoms with Crippen molar-refractivity contribution in [2.45, 2.75) is 71.4 Å². The number of piperidine rings is 1. The molecule has 28 heavy (non-hydrogen) atoms. The van der Waals surface area contributed by atoms with Crippen molar-refractivity contribution in [3.8, 4) is 0 Å². The molecule has 0 spiro atoms. The van der Waals surface area contributed by atoms with Crippen molar-refractivity contribution in [1.82, 2.24) is 20.9 Å². The van der Waals surface area contributed by atoms with E-state index in [-0.39, 0.29) is 36.1 Å². The first-order valence-corrected chi connectivity index (χ1v) is 10.4. The zero-order valence-corrected chi connectivity index (χ0v) is 21.0. The predicted molar refractivity (Wildman–Crippen MR) is 128 cm³/mol. The van der Waals surface area contributed by atoms with Crippen molar-refractivity contribution in [2.75, 3.05) is 40.3 Å². The van der Waals surface area contributed by atoms with Crippen LogP contribution in [0.3, 0.4) is 0 Å². The number of likely N-dealkylation sites (tertiary alicyclic amines) is 1. The largest absolute Gasteiger partial charge is 0.444 e. The Bertz CT molecular complexity index is 460. The van der Waals surface area contributed by atoms with Crippen LogP contribution in [0.25, 0.3) is 0 Å². The molecule has 1 rings (SSSR count). The van der Waals surface area contributed by atoms with Gasteiger partial charge in [0, 0.05) is 26.2 Å². The second kappa shape index (κ2) is 14.3. The number of hydrogen-bond acceptors (Lipinski definition) is 4. The predicted octanol–water partition coefficient (Wildman–Crippen LogP) is 3.19. The molecule has 0 bridgehead atoms. The van der Waals surface area contributed by atoms with E-state index in [0.717, 1.165) is 44.9 Å². The summed E-state index contributed by atoms with van der Waals surface area (Å²) in [6.45, 7) is 11.6. The SMILES string of the molecule is CCCCC(CNC(=O)OC(C)(C)C)NC(=NC)NCC1CCN(C)CC1.I. The maximum Gasteiger partial charge on any atom is 0.407 e. The smallest absolute Gasteiger partial charge is 0.407 e. The molecule has 1 fully saturated rings. The van der Waals surface area contributed by atoms with Crippen LogP contribution < -0.4 is 16.0 Å². The molecule has 1 aliphatic rings. The van der Waals surface area contributed by atoms with E-state index in [9.17, 15) is 4.79 Å². The molecule has 1 heterocycles. The van der Waals surface area contributed by atoms with Crippen LogP contribution in [0.1, 0.15) is 59.8 Å². The third kappa shape index (κ3) is 12.6. The van der Waals surface area contributed by atoms with Crippen molar-refractivity contribution in [3.63, 3.8) is 0 Å². The van der Waals surface area contributed by atoms with Gasteiger partial charge in [-0.25, -0.2) is 4.79 Å². The summed E-state index contributed by atoms with van der Waals surface area (Å²) in [5, 5.41) is 9.80. The highest BCUT2D eigenvalue weighted by Crippen LogP contribution is 2.14. The van der Waals surface area contributed by atoms with Crippen LogP contribution in [0.5, 0.6) is 0 Å². The molecule has 0 aromatic carbocycles. The summed E-state index contributed by atoms with van der Waals surface area (Å²) >= 11 is 0. The third-order valence-electron chi connectivity index (χ3n) is 4.76. The molecule has 1 unspecified atom stereocenters. The van der Waals surface area contributed by atoms with E-state index < -0.39 is 5.60 Å². The average molecular weight is 511 g/mol. The lowest BCUT2D eigenvalue weighted by Gasteiger charge is -2.30. The van der Waals surface area contributed by atoms with Crippen LogP contribution in [0.15, 0.2) is 4.99 Å². The molecule has 1 atom stereocenters. The zero-order chi connectivity index (χ0) is 20.3. The van der Waals surface area contributed by atoms with E-state index in [4.69, 9.17) is 4.74 Å². The first-order chi connectivity index (χ1) is 12.7. The molecule has 7 nitrogen and oxygen atoms in total. The second-order valence-electron chi connectivity index (χ2n) is 8.57. The van der Waals surface area contributed by atoms with E-state index in [2.05, 4.69) is 39.8 Å². The summed E-state index contributed by atoms with van der Waals surface area (Å²) in [4.78, 5) is 18.7. The molecule has 3 N–H and O–H groups in total. The van der Waals surface area contributed by atoms with Crippen LogP contribution in [-0.2, 0) is 4.74 Å². The van der Waals surface area contributed by atoms with Crippen LogP contribution in [-0.4, -0.2) is 68.9 Å². The number of nitrogens with zero attached hydrogens (tertiary/aromatic N) is 2. The molecule has 1 saturated heterocycles. The molecule has 0 aromatic rings. The van der Waals surface area contributed by atoms with Gasteiger partial charge in [0.15, 0.2) is 5.96 Å². The standard InChI is InChI=1S/C20H41N5O2.HI/c1-7-8-9-17(15-23-19(26)27-20(2,3)4)24-18(21-5)22-14-16-10-12-25(6)13-11-16;/h16-17H,7-15H2,1-6H3,(H,23,26)(H2,21,22,24);1H. The van der Waals surface area contributed by atoms with Crippen LogP contribution >= 0.6 is 24.0 Å². The minimum Gasteiger partial charge on any atom is -0.444 e. The van der Waals surface area contributed by atoms with Gasteiger partial charge in [-0.1, -0.05) is 19.8 Å². The molecule has 1 aliphatic heterocycles. The van der Waals surface area contributed by atoms with Gasteiger partial charge in [-0.2, -0.15) is 0 Å². The Balaban J connectivity index is 0.00000729. The van der Waals surface area contributed by atoms with Gasteiger partial charge in [0.1, 0.15) is 5.60 Å². The Labute approximate surface area is 188 Å². The fourth-order valence-electron chi connectivity index (χ4n) is 3.09. The highest BCUT2D eigenvalue weighted by atomic mass is 127. The van der Waals surface area contributed by atoms with Gasteiger partial charge in [0.25, 0.3) is 0 Å². The normalized spacial score (nSPS) is 17.4. The minimum absolute atomic E-state index is 0. The molecular weight excluding hydrogens is 469 g/mol. The van der Waals surface area contributed by atoms with E-state index in [1.54, 1.807) is 7.05 Å². The molecule has 1 amide bonds. The Morgan fingerprint density at radius 3 is 2.43 bits per heavy atom. The first kappa shape index (κ1) is 27.2. The lowest BCUT2D eigenvalue weighted by Crippen LogP contribution is -2.50. The number of aliphatic imine (C=N–C) groups is 1. The van der Waals surface area contributed by atoms with E-state index in [0.29, 0.717) is 12.5 Å². The van der Waals surface area contributed by atoms with E-state index in [1.165, 1.54) is 12.8 Å². The number of unbranched alkanes of at least 4 members (excludes halogenated alkanes) is 1. The number of carbonyl (C=O) groups is 1. The lowest BCUT2D eigenvalue weighted by atomic mass is 9.97. The Morgan fingerprint density at radius 2 is 1.89 bits per heavy atom. The Morgan fingerprint density at radius 1 is 1.25 bits per heavy atom. The number of ether oxygens (including phenoxy) is 1. The third-order valence-corrected chi connectivity index (χ3v) is 4.76. The van der Waals surface area contributed by atoms with E-state index >= 15 is 0 Å².